The lowest BCUT2D eigenvalue weighted by Crippen LogP contribution is -1.83. The van der Waals surface area contributed by atoms with Crippen molar-refractivity contribution in [3.63, 3.8) is 0 Å². The first-order valence-electron chi connectivity index (χ1n) is 8.56. The van der Waals surface area contributed by atoms with Crippen LogP contribution in [0.2, 0.25) is 0 Å². The largest absolute Gasteiger partial charge is 0.508 e. The highest BCUT2D eigenvalue weighted by Crippen LogP contribution is 2.20. The zero-order valence-corrected chi connectivity index (χ0v) is 15.1. The van der Waals surface area contributed by atoms with E-state index in [4.69, 9.17) is 5.11 Å². The van der Waals surface area contributed by atoms with Crippen LogP contribution in [-0.2, 0) is 0 Å². The Kier molecular flexibility index (Phi) is 8.99. The molecule has 1 N–H and O–H groups in total. The summed E-state index contributed by atoms with van der Waals surface area (Å²) in [6, 6.07) is 27.8. The van der Waals surface area contributed by atoms with Crippen LogP contribution in [0.15, 0.2) is 84.9 Å². The highest BCUT2D eigenvalue weighted by molar-refractivity contribution is 5.63. The molecule has 1 heteroatoms. The first kappa shape index (κ1) is 19.5. The second-order valence-corrected chi connectivity index (χ2v) is 5.48. The molecule has 0 unspecified atom stereocenters. The summed E-state index contributed by atoms with van der Waals surface area (Å²) >= 11 is 0. The van der Waals surface area contributed by atoms with Gasteiger partial charge >= 0.3 is 0 Å². The van der Waals surface area contributed by atoms with Crippen LogP contribution in [0.25, 0.3) is 11.1 Å². The zero-order chi connectivity index (χ0) is 17.8. The third-order valence-corrected chi connectivity index (χ3v) is 3.44. The van der Waals surface area contributed by atoms with Crippen molar-refractivity contribution in [3.8, 4) is 16.9 Å². The second kappa shape index (κ2) is 11.1. The molecule has 0 amide bonds. The van der Waals surface area contributed by atoms with Crippen molar-refractivity contribution in [1.29, 1.82) is 0 Å². The molecule has 3 rings (SSSR count). The maximum Gasteiger partial charge on any atom is 0.115 e. The van der Waals surface area contributed by atoms with Gasteiger partial charge in [-0.15, -0.1) is 0 Å². The van der Waals surface area contributed by atoms with Crippen LogP contribution in [-0.4, -0.2) is 5.11 Å². The van der Waals surface area contributed by atoms with Gasteiger partial charge in [0.25, 0.3) is 0 Å². The van der Waals surface area contributed by atoms with Gasteiger partial charge in [-0.05, 0) is 34.7 Å². The standard InChI is InChI=1S/C12H10O.C9H12.C2H6/c13-12-8-6-11(7-9-12)10-4-2-1-3-5-10;1-8(2)9-6-4-3-5-7-9;1-2/h1-9,13H;3-8H,1-2H3;1-2H3. The third-order valence-electron chi connectivity index (χ3n) is 3.44. The van der Waals surface area contributed by atoms with Crippen LogP contribution in [0.1, 0.15) is 39.2 Å². The predicted octanol–water partition coefficient (Wildman–Crippen LogP) is 6.90. The molecule has 3 aromatic carbocycles. The highest BCUT2D eigenvalue weighted by Gasteiger charge is 1.95. The first-order valence-corrected chi connectivity index (χ1v) is 8.56. The molecule has 3 aromatic rings. The van der Waals surface area contributed by atoms with Gasteiger partial charge in [0.15, 0.2) is 0 Å². The Balaban J connectivity index is 0.000000230. The van der Waals surface area contributed by atoms with Crippen molar-refractivity contribution in [3.05, 3.63) is 90.5 Å². The van der Waals surface area contributed by atoms with Gasteiger partial charge in [0.2, 0.25) is 0 Å². The van der Waals surface area contributed by atoms with Gasteiger partial charge in [0.1, 0.15) is 5.75 Å². The van der Waals surface area contributed by atoms with E-state index in [1.54, 1.807) is 12.1 Å². The fourth-order valence-corrected chi connectivity index (χ4v) is 2.12. The number of hydrogen-bond acceptors (Lipinski definition) is 1. The summed E-state index contributed by atoms with van der Waals surface area (Å²) in [5, 5.41) is 9.10. The van der Waals surface area contributed by atoms with Crippen LogP contribution in [0.4, 0.5) is 0 Å². The van der Waals surface area contributed by atoms with E-state index in [1.807, 2.05) is 62.4 Å². The Morgan fingerprint density at radius 3 is 1.42 bits per heavy atom. The molecule has 0 fully saturated rings. The van der Waals surface area contributed by atoms with Gasteiger partial charge in [-0.2, -0.15) is 0 Å². The first-order chi connectivity index (χ1) is 11.7. The van der Waals surface area contributed by atoms with E-state index >= 15 is 0 Å². The minimum absolute atomic E-state index is 0.305. The fourth-order valence-electron chi connectivity index (χ4n) is 2.12. The molecule has 24 heavy (non-hydrogen) atoms. The molecule has 0 heterocycles. The van der Waals surface area contributed by atoms with Gasteiger partial charge in [-0.1, -0.05) is 100 Å². The van der Waals surface area contributed by atoms with Gasteiger partial charge in [0, 0.05) is 0 Å². The molecule has 0 aromatic heterocycles. The molecule has 0 aliphatic carbocycles. The molecule has 1 nitrogen and oxygen atoms in total. The Hall–Kier alpha value is -2.54. The number of hydrogen-bond donors (Lipinski definition) is 1. The molecule has 0 aliphatic rings. The molecule has 0 saturated heterocycles. The molecule has 0 aliphatic heterocycles. The fraction of sp³-hybridized carbons (Fsp3) is 0.217. The maximum absolute atomic E-state index is 9.10. The minimum Gasteiger partial charge on any atom is -0.508 e. The average Bonchev–Trinajstić information content (AvgIpc) is 2.66. The van der Waals surface area contributed by atoms with E-state index in [0.717, 1.165) is 5.56 Å². The Bertz CT molecular complexity index is 655. The van der Waals surface area contributed by atoms with E-state index < -0.39 is 0 Å². The molecular formula is C23H28O. The van der Waals surface area contributed by atoms with Crippen LogP contribution in [0.3, 0.4) is 0 Å². The number of phenolic OH excluding ortho intramolecular Hbond substituents is 1. The molecule has 126 valence electrons. The number of aromatic hydroxyl groups is 1. The summed E-state index contributed by atoms with van der Waals surface area (Å²) in [5.41, 5.74) is 3.71. The number of rotatable bonds is 2. The SMILES string of the molecule is CC.CC(C)c1ccccc1.Oc1ccc(-c2ccccc2)cc1. The van der Waals surface area contributed by atoms with Gasteiger partial charge in [-0.25, -0.2) is 0 Å². The molecule has 0 saturated carbocycles. The van der Waals surface area contributed by atoms with E-state index in [1.165, 1.54) is 11.1 Å². The summed E-state index contributed by atoms with van der Waals surface area (Å²) in [7, 11) is 0. The van der Waals surface area contributed by atoms with Crippen LogP contribution in [0, 0.1) is 0 Å². The van der Waals surface area contributed by atoms with Crippen molar-refractivity contribution in [2.75, 3.05) is 0 Å². The van der Waals surface area contributed by atoms with Crippen LogP contribution >= 0.6 is 0 Å². The van der Waals surface area contributed by atoms with E-state index in [9.17, 15) is 0 Å². The van der Waals surface area contributed by atoms with Crippen LogP contribution < -0.4 is 0 Å². The normalized spacial score (nSPS) is 9.38. The third kappa shape index (κ3) is 6.70. The van der Waals surface area contributed by atoms with Gasteiger partial charge in [0.05, 0.1) is 0 Å². The second-order valence-electron chi connectivity index (χ2n) is 5.48. The smallest absolute Gasteiger partial charge is 0.115 e. The number of phenols is 1. The van der Waals surface area contributed by atoms with E-state index in [2.05, 4.69) is 38.1 Å². The molecular weight excluding hydrogens is 292 g/mol. The van der Waals surface area contributed by atoms with Crippen molar-refractivity contribution < 1.29 is 5.11 Å². The summed E-state index contributed by atoms with van der Waals surface area (Å²) < 4.78 is 0. The Labute approximate surface area is 146 Å². The maximum atomic E-state index is 9.10. The summed E-state index contributed by atoms with van der Waals surface area (Å²) in [4.78, 5) is 0. The van der Waals surface area contributed by atoms with Gasteiger partial charge < -0.3 is 5.11 Å². The minimum atomic E-state index is 0.305. The summed E-state index contributed by atoms with van der Waals surface area (Å²) in [6.45, 7) is 8.41. The van der Waals surface area contributed by atoms with Crippen molar-refractivity contribution >= 4 is 0 Å². The monoisotopic (exact) mass is 320 g/mol. The Morgan fingerprint density at radius 1 is 0.583 bits per heavy atom. The van der Waals surface area contributed by atoms with E-state index in [-0.39, 0.29) is 0 Å². The van der Waals surface area contributed by atoms with Crippen molar-refractivity contribution in [2.45, 2.75) is 33.6 Å². The quantitative estimate of drug-likeness (QED) is 0.544. The molecule has 0 bridgehead atoms. The Morgan fingerprint density at radius 2 is 1.00 bits per heavy atom. The molecule has 0 atom stereocenters. The predicted molar refractivity (Wildman–Crippen MR) is 105 cm³/mol. The zero-order valence-electron chi connectivity index (χ0n) is 15.1. The highest BCUT2D eigenvalue weighted by atomic mass is 16.3. The summed E-state index contributed by atoms with van der Waals surface area (Å²) in [6.07, 6.45) is 0. The lowest BCUT2D eigenvalue weighted by atomic mass is 10.0. The summed E-state index contributed by atoms with van der Waals surface area (Å²) in [5.74, 6) is 0.964. The average molecular weight is 320 g/mol. The lowest BCUT2D eigenvalue weighted by Gasteiger charge is -2.01. The molecule has 0 radical (unpaired) electrons. The van der Waals surface area contributed by atoms with Crippen molar-refractivity contribution in [1.82, 2.24) is 0 Å². The lowest BCUT2D eigenvalue weighted by molar-refractivity contribution is 0.475. The van der Waals surface area contributed by atoms with E-state index in [0.29, 0.717) is 11.7 Å². The molecule has 0 spiro atoms. The van der Waals surface area contributed by atoms with Gasteiger partial charge in [-0.3, -0.25) is 0 Å². The van der Waals surface area contributed by atoms with Crippen LogP contribution in [0.5, 0.6) is 5.75 Å². The van der Waals surface area contributed by atoms with Crippen molar-refractivity contribution in [2.24, 2.45) is 0 Å². The number of benzene rings is 3. The topological polar surface area (TPSA) is 20.2 Å².